The van der Waals surface area contributed by atoms with Gasteiger partial charge in [-0.25, -0.2) is 36.5 Å². The van der Waals surface area contributed by atoms with Gasteiger partial charge in [0.05, 0.1) is 64.1 Å². The normalized spacial score (nSPS) is 11.2. The van der Waals surface area contributed by atoms with E-state index in [2.05, 4.69) is 56.7 Å². The van der Waals surface area contributed by atoms with E-state index >= 15 is 0 Å². The molecule has 0 bridgehead atoms. The van der Waals surface area contributed by atoms with Crippen LogP contribution in [0.25, 0.3) is 33.2 Å². The third-order valence-corrected chi connectivity index (χ3v) is 10.9. The largest absolute Gasteiger partial charge is 0.348 e. The summed E-state index contributed by atoms with van der Waals surface area (Å²) >= 11 is 3.28. The van der Waals surface area contributed by atoms with Crippen LogP contribution in [-0.4, -0.2) is 65.5 Å². The second-order valence-electron chi connectivity index (χ2n) is 12.6. The van der Waals surface area contributed by atoms with Crippen molar-refractivity contribution in [3.05, 3.63) is 161 Å². The summed E-state index contributed by atoms with van der Waals surface area (Å²) < 4.78 is 54.0. The molecule has 18 heteroatoms. The maximum atomic E-state index is 13.2. The van der Waals surface area contributed by atoms with Crippen molar-refractivity contribution in [2.45, 2.75) is 25.0 Å². The lowest BCUT2D eigenvalue weighted by atomic mass is 10.1. The Bertz CT molecular complexity index is 2850. The predicted molar refractivity (Wildman–Crippen MR) is 214 cm³/mol. The Morgan fingerprint density at radius 3 is 1.50 bits per heavy atom. The van der Waals surface area contributed by atoms with E-state index in [1.165, 1.54) is 48.9 Å². The van der Waals surface area contributed by atoms with Gasteiger partial charge in [-0.15, -0.1) is 0 Å². The summed E-state index contributed by atoms with van der Waals surface area (Å²) in [7, 11) is -3.37. The number of hydrogen-bond acceptors (Lipinski definition) is 10. The van der Waals surface area contributed by atoms with Crippen molar-refractivity contribution < 1.29 is 26.8 Å². The van der Waals surface area contributed by atoms with Crippen LogP contribution in [0.15, 0.2) is 132 Å². The molecule has 0 unspecified atom stereocenters. The zero-order valence-electron chi connectivity index (χ0n) is 30.4. The molecule has 0 spiro atoms. The van der Waals surface area contributed by atoms with E-state index in [4.69, 9.17) is 0 Å². The molecule has 58 heavy (non-hydrogen) atoms. The lowest BCUT2D eigenvalue weighted by Crippen LogP contribution is -2.23. The zero-order valence-corrected chi connectivity index (χ0v) is 32.8. The number of carbonyl (C=O) groups excluding carboxylic acids is 2. The number of fused-ring (bicyclic) bond motifs is 2. The first-order valence-electron chi connectivity index (χ1n) is 17.5. The Morgan fingerprint density at radius 1 is 0.621 bits per heavy atom. The molecule has 0 aliphatic carbocycles. The van der Waals surface area contributed by atoms with Gasteiger partial charge in [0.1, 0.15) is 16.2 Å². The summed E-state index contributed by atoms with van der Waals surface area (Å²) in [5.74, 6) is -1.32. The standard InChI is InChI=1S/C21H18FN5O3S.C19H13BrFN5O/c1-2-31(29,30)20-8-3-14(9-24-20)10-25-21(28)18-11-23-13-19-17(18)12-26-27(19)16-6-4-15(22)5-7-16;20-18-6-1-12(7-23-18)8-24-19(27)16-9-22-11-17-15(16)10-25-26(17)14-4-2-13(21)3-5-14/h3-9,11-13H,2,10H2,1H3,(H,25,28);1-7,9-11H,8H2,(H,24,27). The van der Waals surface area contributed by atoms with Gasteiger partial charge >= 0.3 is 0 Å². The molecule has 0 atom stereocenters. The molecule has 0 radical (unpaired) electrons. The molecule has 0 aliphatic rings. The minimum absolute atomic E-state index is 0.00671. The summed E-state index contributed by atoms with van der Waals surface area (Å²) in [6.45, 7) is 2.07. The SMILES string of the molecule is CCS(=O)(=O)c1ccc(CNC(=O)c2cncc3c2cnn3-c2ccc(F)cc2)cn1.O=C(NCc1ccc(Br)nc1)c1cncc2c1cnn2-c1ccc(F)cc1. The van der Waals surface area contributed by atoms with E-state index < -0.39 is 9.84 Å². The summed E-state index contributed by atoms with van der Waals surface area (Å²) in [4.78, 5) is 41.8. The van der Waals surface area contributed by atoms with Crippen molar-refractivity contribution >= 4 is 59.4 Å². The van der Waals surface area contributed by atoms with E-state index in [-0.39, 0.29) is 40.8 Å². The average molecular weight is 866 g/mol. The summed E-state index contributed by atoms with van der Waals surface area (Å²) in [6.07, 6.45) is 12.4. The average Bonchev–Trinajstić information content (AvgIpc) is 3.89. The number of nitrogens with zero attached hydrogens (tertiary/aromatic N) is 8. The third kappa shape index (κ3) is 8.77. The number of carbonyl (C=O) groups is 2. The minimum Gasteiger partial charge on any atom is -0.348 e. The van der Waals surface area contributed by atoms with Gasteiger partial charge in [0, 0.05) is 48.6 Å². The monoisotopic (exact) mass is 864 g/mol. The fraction of sp³-hybridized carbons (Fsp3) is 0.100. The van der Waals surface area contributed by atoms with Crippen molar-refractivity contribution in [1.29, 1.82) is 0 Å². The molecular weight excluding hydrogens is 834 g/mol. The predicted octanol–water partition coefficient (Wildman–Crippen LogP) is 6.33. The number of benzene rings is 2. The van der Waals surface area contributed by atoms with Crippen LogP contribution >= 0.6 is 15.9 Å². The number of rotatable bonds is 10. The number of nitrogens with one attached hydrogen (secondary N) is 2. The molecular formula is C40H31BrF2N10O4S. The molecule has 2 N–H and O–H groups in total. The van der Waals surface area contributed by atoms with Crippen LogP contribution in [0.5, 0.6) is 0 Å². The van der Waals surface area contributed by atoms with E-state index in [1.54, 1.807) is 77.6 Å². The van der Waals surface area contributed by atoms with Crippen LogP contribution in [0.2, 0.25) is 0 Å². The number of hydrogen-bond donors (Lipinski definition) is 2. The molecule has 0 saturated carbocycles. The van der Waals surface area contributed by atoms with Gasteiger partial charge in [0.2, 0.25) is 0 Å². The number of pyridine rings is 4. The first-order valence-corrected chi connectivity index (χ1v) is 19.9. The number of halogens is 3. The summed E-state index contributed by atoms with van der Waals surface area (Å²) in [6, 6.07) is 18.5. The maximum Gasteiger partial charge on any atom is 0.253 e. The highest BCUT2D eigenvalue weighted by atomic mass is 79.9. The second kappa shape index (κ2) is 17.1. The van der Waals surface area contributed by atoms with Crippen molar-refractivity contribution in [2.75, 3.05) is 5.75 Å². The van der Waals surface area contributed by atoms with Crippen molar-refractivity contribution in [2.24, 2.45) is 0 Å². The smallest absolute Gasteiger partial charge is 0.253 e. The molecule has 6 aromatic heterocycles. The molecule has 14 nitrogen and oxygen atoms in total. The summed E-state index contributed by atoms with van der Waals surface area (Å²) in [5, 5.41) is 15.5. The van der Waals surface area contributed by atoms with Crippen LogP contribution in [0, 0.1) is 11.6 Å². The minimum atomic E-state index is -3.37. The molecule has 8 rings (SSSR count). The van der Waals surface area contributed by atoms with Crippen molar-refractivity contribution in [3.63, 3.8) is 0 Å². The Kier molecular flexibility index (Phi) is 11.7. The first kappa shape index (κ1) is 39.4. The number of sulfone groups is 1. The zero-order chi connectivity index (χ0) is 40.8. The lowest BCUT2D eigenvalue weighted by molar-refractivity contribution is 0.0944. The van der Waals surface area contributed by atoms with Crippen molar-refractivity contribution in [3.8, 4) is 11.4 Å². The molecule has 8 aromatic rings. The lowest BCUT2D eigenvalue weighted by Gasteiger charge is -2.08. The van der Waals surface area contributed by atoms with Crippen molar-refractivity contribution in [1.82, 2.24) is 50.1 Å². The Balaban J connectivity index is 0.000000178. The van der Waals surface area contributed by atoms with Crippen LogP contribution in [0.1, 0.15) is 38.8 Å². The van der Waals surface area contributed by atoms with Gasteiger partial charge in [0.15, 0.2) is 14.9 Å². The Labute approximate surface area is 338 Å². The fourth-order valence-electron chi connectivity index (χ4n) is 5.73. The number of aromatic nitrogens is 8. The Hall–Kier alpha value is -6.79. The number of amides is 2. The molecule has 6 heterocycles. The van der Waals surface area contributed by atoms with Crippen LogP contribution < -0.4 is 10.6 Å². The molecule has 0 saturated heterocycles. The van der Waals surface area contributed by atoms with Gasteiger partial charge in [-0.1, -0.05) is 19.1 Å². The maximum absolute atomic E-state index is 13.2. The summed E-state index contributed by atoms with van der Waals surface area (Å²) in [5.41, 5.74) is 4.90. The van der Waals surface area contributed by atoms with Crippen LogP contribution in [0.4, 0.5) is 8.78 Å². The highest BCUT2D eigenvalue weighted by molar-refractivity contribution is 9.10. The molecule has 0 fully saturated rings. The molecule has 2 aromatic carbocycles. The van der Waals surface area contributed by atoms with Gasteiger partial charge in [0.25, 0.3) is 11.8 Å². The Morgan fingerprint density at radius 2 is 1.09 bits per heavy atom. The van der Waals surface area contributed by atoms with E-state index in [0.717, 1.165) is 10.2 Å². The van der Waals surface area contributed by atoms with E-state index in [0.29, 0.717) is 56.4 Å². The van der Waals surface area contributed by atoms with E-state index in [9.17, 15) is 26.8 Å². The van der Waals surface area contributed by atoms with Gasteiger partial charge < -0.3 is 10.6 Å². The highest BCUT2D eigenvalue weighted by Crippen LogP contribution is 2.23. The first-order chi connectivity index (χ1) is 28.0. The highest BCUT2D eigenvalue weighted by Gasteiger charge is 2.17. The quantitative estimate of drug-likeness (QED) is 0.148. The molecule has 292 valence electrons. The van der Waals surface area contributed by atoms with Crippen LogP contribution in [0.3, 0.4) is 0 Å². The fourth-order valence-corrected chi connectivity index (χ4v) is 6.75. The van der Waals surface area contributed by atoms with Gasteiger partial charge in [-0.3, -0.25) is 19.6 Å². The second-order valence-corrected chi connectivity index (χ2v) is 15.6. The third-order valence-electron chi connectivity index (χ3n) is 8.82. The van der Waals surface area contributed by atoms with E-state index in [1.807, 2.05) is 12.1 Å². The molecule has 0 aliphatic heterocycles. The topological polar surface area (TPSA) is 180 Å². The van der Waals surface area contributed by atoms with Gasteiger partial charge in [-0.2, -0.15) is 10.2 Å². The van der Waals surface area contributed by atoms with Gasteiger partial charge in [-0.05, 0) is 87.7 Å². The van der Waals surface area contributed by atoms with Crippen LogP contribution in [-0.2, 0) is 22.9 Å². The molecule has 2 amide bonds.